The van der Waals surface area contributed by atoms with Crippen LogP contribution >= 0.6 is 11.3 Å². The number of benzene rings is 1. The van der Waals surface area contributed by atoms with Gasteiger partial charge in [0.05, 0.1) is 15.2 Å². The number of hydrogen-bond acceptors (Lipinski definition) is 6. The molecule has 6 nitrogen and oxygen atoms in total. The van der Waals surface area contributed by atoms with Gasteiger partial charge in [0.2, 0.25) is 0 Å². The number of anilines is 2. The zero-order valence-corrected chi connectivity index (χ0v) is 14.1. The second-order valence-electron chi connectivity index (χ2n) is 5.84. The van der Waals surface area contributed by atoms with E-state index in [1.165, 1.54) is 12.8 Å². The number of carbonyl (C=O) groups excluding carboxylic acids is 1. The number of nitrogens with zero attached hydrogens (tertiary/aromatic N) is 4. The molecular weight excluding hydrogens is 322 g/mol. The minimum atomic E-state index is -0.254. The van der Waals surface area contributed by atoms with Gasteiger partial charge in [-0.3, -0.25) is 4.79 Å². The van der Waals surface area contributed by atoms with E-state index >= 15 is 0 Å². The normalized spacial score (nSPS) is 14.3. The van der Waals surface area contributed by atoms with E-state index in [0.29, 0.717) is 5.69 Å². The van der Waals surface area contributed by atoms with Gasteiger partial charge < -0.3 is 10.2 Å². The Balaban J connectivity index is 1.50. The average molecular weight is 339 g/mol. The van der Waals surface area contributed by atoms with E-state index in [0.717, 1.165) is 39.8 Å². The summed E-state index contributed by atoms with van der Waals surface area (Å²) in [4.78, 5) is 19.0. The van der Waals surface area contributed by atoms with Gasteiger partial charge in [0.15, 0.2) is 11.5 Å². The maximum atomic E-state index is 12.3. The highest BCUT2D eigenvalue weighted by Gasteiger charge is 2.15. The molecule has 0 saturated carbocycles. The molecule has 7 heteroatoms. The number of thiazole rings is 1. The molecule has 0 radical (unpaired) electrons. The van der Waals surface area contributed by atoms with Crippen LogP contribution in [0.3, 0.4) is 0 Å². The van der Waals surface area contributed by atoms with Crippen LogP contribution in [0.15, 0.2) is 30.3 Å². The lowest BCUT2D eigenvalue weighted by atomic mass is 10.3. The van der Waals surface area contributed by atoms with Gasteiger partial charge in [0.1, 0.15) is 0 Å². The standard InChI is InChI=1S/C17H17N5OS/c1-11-18-13-5-4-12(10-15(13)24-11)19-17(23)14-6-7-16(21-20-14)22-8-2-3-9-22/h4-7,10H,2-3,8-9H2,1H3,(H,19,23). The topological polar surface area (TPSA) is 71.0 Å². The SMILES string of the molecule is Cc1nc2ccc(NC(=O)c3ccc(N4CCCC4)nn3)cc2s1. The minimum Gasteiger partial charge on any atom is -0.355 e. The molecule has 0 aliphatic carbocycles. The predicted octanol–water partition coefficient (Wildman–Crippen LogP) is 3.25. The Morgan fingerprint density at radius 2 is 2.00 bits per heavy atom. The van der Waals surface area contributed by atoms with Crippen LogP contribution in [0, 0.1) is 6.92 Å². The third kappa shape index (κ3) is 2.94. The van der Waals surface area contributed by atoms with E-state index in [9.17, 15) is 4.79 Å². The predicted molar refractivity (Wildman–Crippen MR) is 95.8 cm³/mol. The first-order valence-electron chi connectivity index (χ1n) is 7.96. The first-order chi connectivity index (χ1) is 11.7. The molecular formula is C17H17N5OS. The largest absolute Gasteiger partial charge is 0.355 e. The van der Waals surface area contributed by atoms with Crippen molar-refractivity contribution >= 4 is 39.0 Å². The van der Waals surface area contributed by atoms with Gasteiger partial charge in [-0.2, -0.15) is 0 Å². The molecule has 0 atom stereocenters. The summed E-state index contributed by atoms with van der Waals surface area (Å²) in [5.74, 6) is 0.585. The Morgan fingerprint density at radius 1 is 1.17 bits per heavy atom. The maximum Gasteiger partial charge on any atom is 0.276 e. The van der Waals surface area contributed by atoms with Gasteiger partial charge in [0, 0.05) is 18.8 Å². The molecule has 0 spiro atoms. The van der Waals surface area contributed by atoms with E-state index < -0.39 is 0 Å². The second kappa shape index (κ2) is 6.16. The molecule has 1 aliphatic heterocycles. The van der Waals surface area contributed by atoms with E-state index in [-0.39, 0.29) is 5.91 Å². The van der Waals surface area contributed by atoms with Crippen molar-refractivity contribution in [2.24, 2.45) is 0 Å². The van der Waals surface area contributed by atoms with Crippen LogP contribution in [0.1, 0.15) is 28.3 Å². The number of hydrogen-bond donors (Lipinski definition) is 1. The summed E-state index contributed by atoms with van der Waals surface area (Å²) in [5.41, 5.74) is 2.00. The summed E-state index contributed by atoms with van der Waals surface area (Å²) in [5, 5.41) is 12.1. The number of aryl methyl sites for hydroxylation is 1. The quantitative estimate of drug-likeness (QED) is 0.793. The van der Waals surface area contributed by atoms with Crippen molar-refractivity contribution in [3.05, 3.63) is 41.0 Å². The highest BCUT2D eigenvalue weighted by molar-refractivity contribution is 7.18. The Labute approximate surface area is 143 Å². The van der Waals surface area contributed by atoms with Crippen molar-refractivity contribution in [2.75, 3.05) is 23.3 Å². The number of amides is 1. The molecule has 1 amide bonds. The van der Waals surface area contributed by atoms with Gasteiger partial charge in [-0.25, -0.2) is 4.98 Å². The lowest BCUT2D eigenvalue weighted by Gasteiger charge is -2.15. The molecule has 0 bridgehead atoms. The number of nitrogens with one attached hydrogen (secondary N) is 1. The van der Waals surface area contributed by atoms with Gasteiger partial charge >= 0.3 is 0 Å². The summed E-state index contributed by atoms with van der Waals surface area (Å²) in [6.45, 7) is 3.99. The molecule has 122 valence electrons. The molecule has 24 heavy (non-hydrogen) atoms. The van der Waals surface area contributed by atoms with E-state index in [1.54, 1.807) is 17.4 Å². The first-order valence-corrected chi connectivity index (χ1v) is 8.78. The lowest BCUT2D eigenvalue weighted by molar-refractivity contribution is 0.102. The molecule has 3 aromatic rings. The second-order valence-corrected chi connectivity index (χ2v) is 7.08. The molecule has 0 unspecified atom stereocenters. The van der Waals surface area contributed by atoms with Gasteiger partial charge in [-0.1, -0.05) is 0 Å². The molecule has 4 rings (SSSR count). The van der Waals surface area contributed by atoms with Crippen molar-refractivity contribution in [3.8, 4) is 0 Å². The average Bonchev–Trinajstić information content (AvgIpc) is 3.23. The Kier molecular flexibility index (Phi) is 3.86. The molecule has 1 aromatic carbocycles. The van der Waals surface area contributed by atoms with E-state index in [1.807, 2.05) is 31.2 Å². The van der Waals surface area contributed by atoms with Gasteiger partial charge in [0.25, 0.3) is 5.91 Å². The fourth-order valence-corrected chi connectivity index (χ4v) is 3.74. The zero-order valence-electron chi connectivity index (χ0n) is 13.3. The molecule has 1 fully saturated rings. The summed E-state index contributed by atoms with van der Waals surface area (Å²) < 4.78 is 1.06. The number of rotatable bonds is 3. The summed E-state index contributed by atoms with van der Waals surface area (Å²) in [7, 11) is 0. The van der Waals surface area contributed by atoms with Crippen LogP contribution in [0.5, 0.6) is 0 Å². The van der Waals surface area contributed by atoms with Crippen molar-refractivity contribution < 1.29 is 4.79 Å². The Hall–Kier alpha value is -2.54. The minimum absolute atomic E-state index is 0.254. The molecule has 3 heterocycles. The highest BCUT2D eigenvalue weighted by atomic mass is 32.1. The Bertz CT molecular complexity index is 884. The van der Waals surface area contributed by atoms with E-state index in [4.69, 9.17) is 0 Å². The fraction of sp³-hybridized carbons (Fsp3) is 0.294. The molecule has 1 saturated heterocycles. The zero-order chi connectivity index (χ0) is 16.5. The highest BCUT2D eigenvalue weighted by Crippen LogP contribution is 2.25. The summed E-state index contributed by atoms with van der Waals surface area (Å²) in [6, 6.07) is 9.29. The Morgan fingerprint density at radius 3 is 2.75 bits per heavy atom. The summed E-state index contributed by atoms with van der Waals surface area (Å²) in [6.07, 6.45) is 2.37. The molecule has 1 aliphatic rings. The van der Waals surface area contributed by atoms with Crippen LogP contribution in [-0.4, -0.2) is 34.2 Å². The maximum absolute atomic E-state index is 12.3. The first kappa shape index (κ1) is 15.0. The van der Waals surface area contributed by atoms with Crippen LogP contribution in [0.2, 0.25) is 0 Å². The van der Waals surface area contributed by atoms with Crippen molar-refractivity contribution in [1.82, 2.24) is 15.2 Å². The van der Waals surface area contributed by atoms with Gasteiger partial charge in [-0.05, 0) is 50.1 Å². The van der Waals surface area contributed by atoms with Crippen molar-refractivity contribution in [1.29, 1.82) is 0 Å². The summed E-state index contributed by atoms with van der Waals surface area (Å²) >= 11 is 1.61. The number of carbonyl (C=O) groups is 1. The number of fused-ring (bicyclic) bond motifs is 1. The third-order valence-electron chi connectivity index (χ3n) is 4.07. The van der Waals surface area contributed by atoms with Crippen LogP contribution in [0.4, 0.5) is 11.5 Å². The monoisotopic (exact) mass is 339 g/mol. The fourth-order valence-electron chi connectivity index (χ4n) is 2.87. The van der Waals surface area contributed by atoms with E-state index in [2.05, 4.69) is 25.4 Å². The van der Waals surface area contributed by atoms with Crippen LogP contribution in [0.25, 0.3) is 10.2 Å². The van der Waals surface area contributed by atoms with Crippen LogP contribution in [-0.2, 0) is 0 Å². The molecule has 1 N–H and O–H groups in total. The van der Waals surface area contributed by atoms with Crippen molar-refractivity contribution in [2.45, 2.75) is 19.8 Å². The lowest BCUT2D eigenvalue weighted by Crippen LogP contribution is -2.20. The van der Waals surface area contributed by atoms with Gasteiger partial charge in [-0.15, -0.1) is 21.5 Å². The number of aromatic nitrogens is 3. The smallest absolute Gasteiger partial charge is 0.276 e. The third-order valence-corrected chi connectivity index (χ3v) is 5.00. The van der Waals surface area contributed by atoms with Crippen LogP contribution < -0.4 is 10.2 Å². The molecule has 2 aromatic heterocycles. The van der Waals surface area contributed by atoms with Crippen molar-refractivity contribution in [3.63, 3.8) is 0 Å².